The molecule has 0 unspecified atom stereocenters. The van der Waals surface area contributed by atoms with Crippen LogP contribution in [0.3, 0.4) is 0 Å². The molecule has 1 aliphatic rings. The predicted octanol–water partition coefficient (Wildman–Crippen LogP) is 3.48. The average Bonchev–Trinajstić information content (AvgIpc) is 3.05. The number of benzene rings is 2. The molecule has 5 rings (SSSR count). The third-order valence-corrected chi connectivity index (χ3v) is 5.43. The first kappa shape index (κ1) is 16.3. The van der Waals surface area contributed by atoms with Crippen molar-refractivity contribution in [3.63, 3.8) is 0 Å². The zero-order valence-corrected chi connectivity index (χ0v) is 15.5. The number of anilines is 1. The highest BCUT2D eigenvalue weighted by atomic mass is 15.2. The number of hydrogen-bond donors (Lipinski definition) is 2. The first-order chi connectivity index (χ1) is 13.2. The lowest BCUT2D eigenvalue weighted by Gasteiger charge is -2.29. The van der Waals surface area contributed by atoms with Crippen molar-refractivity contribution in [2.24, 2.45) is 5.73 Å². The number of fused-ring (bicyclic) bond motifs is 4. The smallest absolute Gasteiger partial charge is 0.140 e. The molecule has 0 bridgehead atoms. The van der Waals surface area contributed by atoms with Crippen molar-refractivity contribution in [1.29, 1.82) is 0 Å². The first-order valence-corrected chi connectivity index (χ1v) is 9.53. The minimum atomic E-state index is 0.559. The summed E-state index contributed by atoms with van der Waals surface area (Å²) in [6.07, 6.45) is 1.69. The molecule has 0 atom stereocenters. The molecule has 1 aliphatic heterocycles. The van der Waals surface area contributed by atoms with Crippen LogP contribution in [0.5, 0.6) is 0 Å². The van der Waals surface area contributed by atoms with E-state index in [1.165, 1.54) is 27.7 Å². The predicted molar refractivity (Wildman–Crippen MR) is 110 cm³/mol. The van der Waals surface area contributed by atoms with E-state index in [2.05, 4.69) is 53.2 Å². The van der Waals surface area contributed by atoms with Gasteiger partial charge in [0.1, 0.15) is 11.6 Å². The van der Waals surface area contributed by atoms with Crippen LogP contribution in [0.2, 0.25) is 0 Å². The van der Waals surface area contributed by atoms with Crippen LogP contribution in [0.4, 0.5) is 5.82 Å². The molecule has 3 N–H and O–H groups in total. The van der Waals surface area contributed by atoms with Gasteiger partial charge in [0.2, 0.25) is 0 Å². The van der Waals surface area contributed by atoms with E-state index in [0.717, 1.165) is 42.1 Å². The van der Waals surface area contributed by atoms with E-state index < -0.39 is 0 Å². The van der Waals surface area contributed by atoms with Crippen molar-refractivity contribution < 1.29 is 0 Å². The second-order valence-electron chi connectivity index (χ2n) is 7.32. The number of aryl methyl sites for hydroxylation is 1. The Bertz CT molecular complexity index is 1140. The molecule has 27 heavy (non-hydrogen) atoms. The number of aromatic amines is 1. The number of nitrogens with one attached hydrogen (secondary N) is 1. The van der Waals surface area contributed by atoms with Gasteiger partial charge in [-0.15, -0.1) is 0 Å². The van der Waals surface area contributed by atoms with Crippen molar-refractivity contribution in [1.82, 2.24) is 15.0 Å². The van der Waals surface area contributed by atoms with Crippen molar-refractivity contribution >= 4 is 27.6 Å². The maximum Gasteiger partial charge on any atom is 0.140 e. The van der Waals surface area contributed by atoms with Crippen molar-refractivity contribution in [2.45, 2.75) is 26.3 Å². The zero-order chi connectivity index (χ0) is 18.4. The van der Waals surface area contributed by atoms with Crippen LogP contribution >= 0.6 is 0 Å². The maximum atomic E-state index is 5.76. The Morgan fingerprint density at radius 1 is 1.11 bits per heavy atom. The second kappa shape index (κ2) is 6.35. The van der Waals surface area contributed by atoms with Crippen LogP contribution in [0.1, 0.15) is 22.6 Å². The van der Waals surface area contributed by atoms with Gasteiger partial charge < -0.3 is 15.6 Å². The van der Waals surface area contributed by atoms with Gasteiger partial charge in [0.15, 0.2) is 0 Å². The summed E-state index contributed by atoms with van der Waals surface area (Å²) in [5.41, 5.74) is 12.0. The maximum absolute atomic E-state index is 5.76. The zero-order valence-electron chi connectivity index (χ0n) is 15.5. The minimum Gasteiger partial charge on any atom is -0.358 e. The molecule has 2 aromatic carbocycles. The van der Waals surface area contributed by atoms with Crippen molar-refractivity contribution in [2.75, 3.05) is 18.0 Å². The summed E-state index contributed by atoms with van der Waals surface area (Å²) in [6.45, 7) is 4.52. The van der Waals surface area contributed by atoms with Crippen LogP contribution in [0.15, 0.2) is 42.5 Å². The Hall–Kier alpha value is -2.92. The lowest BCUT2D eigenvalue weighted by molar-refractivity contribution is 0.713. The van der Waals surface area contributed by atoms with Crippen LogP contribution in [-0.2, 0) is 19.4 Å². The van der Waals surface area contributed by atoms with Gasteiger partial charge >= 0.3 is 0 Å². The quantitative estimate of drug-likeness (QED) is 0.589. The van der Waals surface area contributed by atoms with Gasteiger partial charge in [-0.3, -0.25) is 0 Å². The summed E-state index contributed by atoms with van der Waals surface area (Å²) in [5.74, 6) is 1.85. The molecule has 136 valence electrons. The number of nitrogens with zero attached hydrogens (tertiary/aromatic N) is 3. The third kappa shape index (κ3) is 2.75. The molecule has 0 radical (unpaired) electrons. The number of para-hydroxylation sites is 1. The van der Waals surface area contributed by atoms with Crippen molar-refractivity contribution in [3.8, 4) is 0 Å². The molecule has 4 aromatic rings. The van der Waals surface area contributed by atoms with Gasteiger partial charge in [-0.05, 0) is 37.7 Å². The summed E-state index contributed by atoms with van der Waals surface area (Å²) in [5, 5.41) is 2.44. The topological polar surface area (TPSA) is 70.8 Å². The van der Waals surface area contributed by atoms with Crippen LogP contribution in [-0.4, -0.2) is 28.0 Å². The molecule has 0 fully saturated rings. The monoisotopic (exact) mass is 357 g/mol. The highest BCUT2D eigenvalue weighted by molar-refractivity contribution is 5.91. The fourth-order valence-electron chi connectivity index (χ4n) is 4.10. The minimum absolute atomic E-state index is 0.559. The van der Waals surface area contributed by atoms with Gasteiger partial charge in [0.25, 0.3) is 0 Å². The third-order valence-electron chi connectivity index (χ3n) is 5.43. The molecule has 3 heterocycles. The van der Waals surface area contributed by atoms with E-state index in [9.17, 15) is 0 Å². The van der Waals surface area contributed by atoms with E-state index >= 15 is 0 Å². The van der Waals surface area contributed by atoms with E-state index in [0.29, 0.717) is 13.0 Å². The van der Waals surface area contributed by atoms with E-state index in [4.69, 9.17) is 15.7 Å². The Kier molecular flexibility index (Phi) is 3.83. The highest BCUT2D eigenvalue weighted by Gasteiger charge is 2.23. The lowest BCUT2D eigenvalue weighted by atomic mass is 10.0. The lowest BCUT2D eigenvalue weighted by Crippen LogP contribution is -2.31. The normalized spacial score (nSPS) is 14.1. The van der Waals surface area contributed by atoms with Gasteiger partial charge in [-0.25, -0.2) is 9.97 Å². The summed E-state index contributed by atoms with van der Waals surface area (Å²) in [7, 11) is 0. The molecule has 0 saturated heterocycles. The number of hydrogen-bond acceptors (Lipinski definition) is 4. The van der Waals surface area contributed by atoms with Crippen LogP contribution < -0.4 is 10.6 Å². The molecule has 0 saturated carbocycles. The van der Waals surface area contributed by atoms with E-state index in [-0.39, 0.29) is 0 Å². The summed E-state index contributed by atoms with van der Waals surface area (Å²) < 4.78 is 0. The summed E-state index contributed by atoms with van der Waals surface area (Å²) in [6, 6.07) is 14.9. The largest absolute Gasteiger partial charge is 0.358 e. The van der Waals surface area contributed by atoms with Gasteiger partial charge in [-0.1, -0.05) is 23.8 Å². The highest BCUT2D eigenvalue weighted by Crippen LogP contribution is 2.32. The Morgan fingerprint density at radius 2 is 2.00 bits per heavy atom. The van der Waals surface area contributed by atoms with E-state index in [1.807, 2.05) is 6.07 Å². The summed E-state index contributed by atoms with van der Waals surface area (Å²) >= 11 is 0. The molecule has 0 aliphatic carbocycles. The summed E-state index contributed by atoms with van der Waals surface area (Å²) in [4.78, 5) is 15.6. The Morgan fingerprint density at radius 3 is 2.89 bits per heavy atom. The molecular formula is C22H23N5. The molecular weight excluding hydrogens is 334 g/mol. The molecule has 5 heteroatoms. The van der Waals surface area contributed by atoms with Crippen molar-refractivity contribution in [3.05, 3.63) is 65.1 Å². The number of H-pyrrole nitrogens is 1. The average molecular weight is 357 g/mol. The number of rotatable bonds is 3. The fraction of sp³-hybridized carbons (Fsp3) is 0.273. The number of nitrogens with two attached hydrogens (primary N) is 1. The molecule has 5 nitrogen and oxygen atoms in total. The van der Waals surface area contributed by atoms with Crippen LogP contribution in [0, 0.1) is 6.92 Å². The fourth-order valence-corrected chi connectivity index (χ4v) is 4.10. The standard InChI is InChI=1S/C22H23N5/c1-14-6-7-19-16(12-14)17-13-27(11-9-20(17)24-19)22-15-4-2-3-5-18(15)25-21(26-22)8-10-23/h2-7,12,24H,8-11,13,23H2,1H3. The van der Waals surface area contributed by atoms with Gasteiger partial charge in [0, 0.05) is 53.5 Å². The van der Waals surface area contributed by atoms with Gasteiger partial charge in [-0.2, -0.15) is 0 Å². The SMILES string of the molecule is Cc1ccc2[nH]c3c(c2c1)CN(c1nc(CCN)nc2ccccc12)CC3. The van der Waals surface area contributed by atoms with Gasteiger partial charge in [0.05, 0.1) is 5.52 Å². The van der Waals surface area contributed by atoms with E-state index in [1.54, 1.807) is 0 Å². The Labute approximate surface area is 158 Å². The molecule has 0 amide bonds. The van der Waals surface area contributed by atoms with Crippen LogP contribution in [0.25, 0.3) is 21.8 Å². The first-order valence-electron chi connectivity index (χ1n) is 9.53. The number of aromatic nitrogens is 3. The Balaban J connectivity index is 1.62. The molecule has 2 aromatic heterocycles. The second-order valence-corrected chi connectivity index (χ2v) is 7.32. The molecule has 0 spiro atoms.